The van der Waals surface area contributed by atoms with Gasteiger partial charge in [-0.25, -0.2) is 0 Å². The summed E-state index contributed by atoms with van der Waals surface area (Å²) in [6.45, 7) is 3.45. The number of nitrogens with zero attached hydrogens (tertiary/aromatic N) is 2. The normalized spacial score (nSPS) is 10.0. The minimum atomic E-state index is -0.398. The molecule has 0 aliphatic carbocycles. The van der Waals surface area contributed by atoms with Gasteiger partial charge in [0.1, 0.15) is 18.6 Å². The molecule has 24 heavy (non-hydrogen) atoms. The van der Waals surface area contributed by atoms with Crippen LogP contribution < -0.4 is 10.1 Å². The largest absolute Gasteiger partial charge is 0.484 e. The second-order valence-electron chi connectivity index (χ2n) is 4.74. The summed E-state index contributed by atoms with van der Waals surface area (Å²) in [4.78, 5) is 25.5. The fourth-order valence-electron chi connectivity index (χ4n) is 1.81. The standard InChI is InChI=1S/C16H16ClN3O4/c1-2-8-20(10-15(21)18-14-7-9-24-19-14)16(22)11-23-13-5-3-12(17)4-6-13/h2-7,9H,1,8,10-11H2,(H,18,19,21). The van der Waals surface area contributed by atoms with Crippen LogP contribution in [0, 0.1) is 0 Å². The molecule has 1 heterocycles. The van der Waals surface area contributed by atoms with Crippen LogP contribution in [0.4, 0.5) is 5.82 Å². The number of ether oxygens (including phenoxy) is 1. The van der Waals surface area contributed by atoms with Crippen molar-refractivity contribution in [2.24, 2.45) is 0 Å². The Hall–Kier alpha value is -2.80. The highest BCUT2D eigenvalue weighted by Gasteiger charge is 2.17. The molecule has 0 radical (unpaired) electrons. The lowest BCUT2D eigenvalue weighted by molar-refractivity contribution is -0.135. The Balaban J connectivity index is 1.88. The number of hydrogen-bond acceptors (Lipinski definition) is 5. The highest BCUT2D eigenvalue weighted by atomic mass is 35.5. The van der Waals surface area contributed by atoms with E-state index >= 15 is 0 Å². The summed E-state index contributed by atoms with van der Waals surface area (Å²) in [5.41, 5.74) is 0. The Kier molecular flexibility index (Phi) is 6.39. The van der Waals surface area contributed by atoms with E-state index in [4.69, 9.17) is 16.3 Å². The van der Waals surface area contributed by atoms with Crippen molar-refractivity contribution in [3.8, 4) is 5.75 Å². The van der Waals surface area contributed by atoms with Gasteiger partial charge in [-0.3, -0.25) is 9.59 Å². The monoisotopic (exact) mass is 349 g/mol. The molecule has 0 saturated heterocycles. The molecule has 1 aromatic carbocycles. The average Bonchev–Trinajstić information content (AvgIpc) is 3.06. The quantitative estimate of drug-likeness (QED) is 0.739. The van der Waals surface area contributed by atoms with Gasteiger partial charge in [0.2, 0.25) is 5.91 Å². The van der Waals surface area contributed by atoms with Gasteiger partial charge >= 0.3 is 0 Å². The second kappa shape index (κ2) is 8.73. The molecule has 0 atom stereocenters. The van der Waals surface area contributed by atoms with Crippen LogP contribution in [0.15, 0.2) is 53.8 Å². The number of anilines is 1. The lowest BCUT2D eigenvalue weighted by Gasteiger charge is -2.20. The zero-order chi connectivity index (χ0) is 17.4. The molecule has 0 spiro atoms. The molecule has 0 aliphatic rings. The minimum absolute atomic E-state index is 0.151. The van der Waals surface area contributed by atoms with Crippen LogP contribution in [0.1, 0.15) is 0 Å². The van der Waals surface area contributed by atoms with Crippen molar-refractivity contribution in [1.82, 2.24) is 10.1 Å². The molecule has 0 fully saturated rings. The molecule has 126 valence electrons. The first-order chi connectivity index (χ1) is 11.6. The zero-order valence-corrected chi connectivity index (χ0v) is 13.5. The van der Waals surface area contributed by atoms with Crippen LogP contribution in [0.25, 0.3) is 0 Å². The molecule has 8 heteroatoms. The van der Waals surface area contributed by atoms with E-state index < -0.39 is 5.91 Å². The van der Waals surface area contributed by atoms with Gasteiger partial charge in [-0.05, 0) is 24.3 Å². The van der Waals surface area contributed by atoms with E-state index in [1.165, 1.54) is 23.3 Å². The highest BCUT2D eigenvalue weighted by Crippen LogP contribution is 2.15. The van der Waals surface area contributed by atoms with Crippen molar-refractivity contribution < 1.29 is 18.8 Å². The van der Waals surface area contributed by atoms with Gasteiger partial charge in [0.15, 0.2) is 12.4 Å². The van der Waals surface area contributed by atoms with Gasteiger partial charge in [0, 0.05) is 17.6 Å². The molecular formula is C16H16ClN3O4. The van der Waals surface area contributed by atoms with Crippen LogP contribution in [-0.4, -0.2) is 41.6 Å². The van der Waals surface area contributed by atoms with Crippen molar-refractivity contribution in [1.29, 1.82) is 0 Å². The molecule has 0 aliphatic heterocycles. The molecule has 2 rings (SSSR count). The molecule has 0 unspecified atom stereocenters. The predicted octanol–water partition coefficient (Wildman–Crippen LogP) is 2.36. The summed E-state index contributed by atoms with van der Waals surface area (Å²) in [6, 6.07) is 8.14. The van der Waals surface area contributed by atoms with Crippen LogP contribution >= 0.6 is 11.6 Å². The van der Waals surface area contributed by atoms with Gasteiger partial charge in [-0.15, -0.1) is 6.58 Å². The summed E-state index contributed by atoms with van der Waals surface area (Å²) in [6.07, 6.45) is 2.87. The topological polar surface area (TPSA) is 84.7 Å². The van der Waals surface area contributed by atoms with Gasteiger partial charge < -0.3 is 19.5 Å². The van der Waals surface area contributed by atoms with Crippen LogP contribution in [0.2, 0.25) is 5.02 Å². The predicted molar refractivity (Wildman–Crippen MR) is 88.9 cm³/mol. The van der Waals surface area contributed by atoms with Crippen molar-refractivity contribution in [2.45, 2.75) is 0 Å². The molecule has 2 amide bonds. The molecule has 1 N–H and O–H groups in total. The smallest absolute Gasteiger partial charge is 0.261 e. The fraction of sp³-hybridized carbons (Fsp3) is 0.188. The average molecular weight is 350 g/mol. The van der Waals surface area contributed by atoms with Crippen molar-refractivity contribution in [3.63, 3.8) is 0 Å². The number of halogens is 1. The second-order valence-corrected chi connectivity index (χ2v) is 5.17. The number of nitrogens with one attached hydrogen (secondary N) is 1. The van der Waals surface area contributed by atoms with Crippen LogP contribution in [0.5, 0.6) is 5.75 Å². The maximum atomic E-state index is 12.2. The maximum absolute atomic E-state index is 12.2. The lowest BCUT2D eigenvalue weighted by atomic mass is 10.3. The van der Waals surface area contributed by atoms with Crippen molar-refractivity contribution >= 4 is 29.2 Å². The Labute approximate surface area is 143 Å². The zero-order valence-electron chi connectivity index (χ0n) is 12.8. The Morgan fingerprint density at radius 2 is 2.08 bits per heavy atom. The first-order valence-electron chi connectivity index (χ1n) is 7.05. The number of amides is 2. The first-order valence-corrected chi connectivity index (χ1v) is 7.43. The van der Waals surface area contributed by atoms with Crippen LogP contribution in [-0.2, 0) is 9.59 Å². The first kappa shape index (κ1) is 17.6. The van der Waals surface area contributed by atoms with E-state index in [9.17, 15) is 9.59 Å². The number of carbonyl (C=O) groups is 2. The van der Waals surface area contributed by atoms with E-state index in [0.29, 0.717) is 10.8 Å². The summed E-state index contributed by atoms with van der Waals surface area (Å²) in [5.74, 6) is 0.0486. The van der Waals surface area contributed by atoms with E-state index in [2.05, 4.69) is 21.6 Å². The number of hydrogen-bond donors (Lipinski definition) is 1. The van der Waals surface area contributed by atoms with Crippen molar-refractivity contribution in [2.75, 3.05) is 25.0 Å². The van der Waals surface area contributed by atoms with E-state index in [-0.39, 0.29) is 31.4 Å². The van der Waals surface area contributed by atoms with Gasteiger partial charge in [0.25, 0.3) is 5.91 Å². The number of rotatable bonds is 8. The van der Waals surface area contributed by atoms with Crippen LogP contribution in [0.3, 0.4) is 0 Å². The SMILES string of the molecule is C=CCN(CC(=O)Nc1ccon1)C(=O)COc1ccc(Cl)cc1. The molecule has 1 aromatic heterocycles. The summed E-state index contributed by atoms with van der Waals surface area (Å²) in [7, 11) is 0. The Bertz CT molecular complexity index is 686. The molecule has 0 saturated carbocycles. The Morgan fingerprint density at radius 3 is 2.71 bits per heavy atom. The number of aromatic nitrogens is 1. The summed E-state index contributed by atoms with van der Waals surface area (Å²) < 4.78 is 10.0. The third-order valence-corrected chi connectivity index (χ3v) is 3.17. The fourth-order valence-corrected chi connectivity index (χ4v) is 1.94. The summed E-state index contributed by atoms with van der Waals surface area (Å²) in [5, 5.41) is 6.67. The molecular weight excluding hydrogens is 334 g/mol. The number of benzene rings is 1. The highest BCUT2D eigenvalue weighted by molar-refractivity contribution is 6.30. The lowest BCUT2D eigenvalue weighted by Crippen LogP contribution is -2.40. The van der Waals surface area contributed by atoms with Gasteiger partial charge in [-0.1, -0.05) is 22.8 Å². The molecule has 2 aromatic rings. The minimum Gasteiger partial charge on any atom is -0.484 e. The molecule has 7 nitrogen and oxygen atoms in total. The summed E-state index contributed by atoms with van der Waals surface area (Å²) >= 11 is 5.78. The van der Waals surface area contributed by atoms with E-state index in [1.807, 2.05) is 0 Å². The van der Waals surface area contributed by atoms with E-state index in [1.54, 1.807) is 24.3 Å². The van der Waals surface area contributed by atoms with Gasteiger partial charge in [-0.2, -0.15) is 0 Å². The van der Waals surface area contributed by atoms with Crippen molar-refractivity contribution in [3.05, 3.63) is 54.3 Å². The number of carbonyl (C=O) groups excluding carboxylic acids is 2. The van der Waals surface area contributed by atoms with E-state index in [0.717, 1.165) is 0 Å². The third kappa shape index (κ3) is 5.44. The third-order valence-electron chi connectivity index (χ3n) is 2.92. The van der Waals surface area contributed by atoms with Gasteiger partial charge in [0.05, 0.1) is 0 Å². The Morgan fingerprint density at radius 1 is 1.33 bits per heavy atom. The molecule has 0 bridgehead atoms. The maximum Gasteiger partial charge on any atom is 0.261 e.